The van der Waals surface area contributed by atoms with Crippen molar-refractivity contribution in [3.8, 4) is 17.2 Å². The number of pyridine rings is 1. The van der Waals surface area contributed by atoms with Gasteiger partial charge in [-0.05, 0) is 43.5 Å². The molecule has 0 aliphatic carbocycles. The summed E-state index contributed by atoms with van der Waals surface area (Å²) < 4.78 is 11.2. The van der Waals surface area contributed by atoms with E-state index in [0.29, 0.717) is 55.8 Å². The molecule has 2 heterocycles. The summed E-state index contributed by atoms with van der Waals surface area (Å²) in [6, 6.07) is 9.97. The Balaban J connectivity index is 0.00000132. The molecule has 1 aliphatic heterocycles. The van der Waals surface area contributed by atoms with Gasteiger partial charge in [-0.1, -0.05) is 11.6 Å². The Morgan fingerprint density at radius 2 is 2.00 bits per heavy atom. The number of thiocarbonyl (C=S) groups is 1. The lowest BCUT2D eigenvalue weighted by atomic mass is 10.1. The fraction of sp³-hybridized carbons (Fsp3) is 0.143. The number of methoxy groups -OCH3 is 1. The molecule has 0 radical (unpaired) electrons. The number of rotatable bonds is 5. The van der Waals surface area contributed by atoms with Gasteiger partial charge in [-0.15, -0.1) is 0 Å². The van der Waals surface area contributed by atoms with Gasteiger partial charge < -0.3 is 20.5 Å². The molecule has 1 aliphatic rings. The summed E-state index contributed by atoms with van der Waals surface area (Å²) in [5.74, 6) is 1.21. The second kappa shape index (κ2) is 9.69. The van der Waals surface area contributed by atoms with Crippen LogP contribution in [0.4, 0.5) is 5.69 Å². The van der Waals surface area contributed by atoms with Crippen molar-refractivity contribution in [2.24, 2.45) is 5.73 Å². The molecule has 1 aromatic heterocycles. The third-order valence-electron chi connectivity index (χ3n) is 4.41. The van der Waals surface area contributed by atoms with Gasteiger partial charge in [-0.3, -0.25) is 19.5 Å². The van der Waals surface area contributed by atoms with E-state index in [1.165, 1.54) is 19.1 Å². The van der Waals surface area contributed by atoms with Crippen LogP contribution in [0.2, 0.25) is 5.02 Å². The Morgan fingerprint density at radius 1 is 1.23 bits per heavy atom. The molecule has 0 saturated carbocycles. The monoisotopic (exact) mass is 458 g/mol. The van der Waals surface area contributed by atoms with Gasteiger partial charge in [-0.2, -0.15) is 0 Å². The first-order chi connectivity index (χ1) is 15.0. The summed E-state index contributed by atoms with van der Waals surface area (Å²) in [5, 5.41) is 4.08. The molecule has 1 amide bonds. The minimum atomic E-state index is -0.180. The highest BCUT2D eigenvalue weighted by Crippen LogP contribution is 2.36. The lowest BCUT2D eigenvalue weighted by molar-refractivity contribution is -0.115. The van der Waals surface area contributed by atoms with Gasteiger partial charge >= 0.3 is 0 Å². The molecule has 160 valence electrons. The third-order valence-corrected chi connectivity index (χ3v) is 5.04. The van der Waals surface area contributed by atoms with Crippen molar-refractivity contribution in [1.29, 1.82) is 0 Å². The van der Waals surface area contributed by atoms with Gasteiger partial charge in [0.2, 0.25) is 0 Å². The molecule has 8 nitrogen and oxygen atoms in total. The van der Waals surface area contributed by atoms with E-state index >= 15 is 0 Å². The average Bonchev–Trinajstić information content (AvgIpc) is 3.12. The standard InChI is InChI=1S/C20H14ClN3O4S.CH5N/c1-27-18-8-15-13(6-11(18)10-25)17(4-5-22-15)28-12-2-3-16(14(21)7-12)24-19(26)9-23-20(24)29;1-2/h2-8,10H,9H2,1H3,(H,23,29);2H2,1H3. The first-order valence-electron chi connectivity index (χ1n) is 9.09. The van der Waals surface area contributed by atoms with Crippen LogP contribution >= 0.6 is 23.8 Å². The van der Waals surface area contributed by atoms with Crippen LogP contribution in [0.15, 0.2) is 42.6 Å². The SMILES string of the molecule is CN.COc1cc2nccc(Oc3ccc(N4C(=O)CNC4=S)c(Cl)c3)c2cc1C=O. The molecule has 3 aromatic rings. The van der Waals surface area contributed by atoms with E-state index in [0.717, 1.165) is 0 Å². The van der Waals surface area contributed by atoms with Crippen molar-refractivity contribution < 1.29 is 19.1 Å². The smallest absolute Gasteiger partial charge is 0.252 e. The molecule has 0 spiro atoms. The van der Waals surface area contributed by atoms with E-state index < -0.39 is 0 Å². The van der Waals surface area contributed by atoms with Crippen LogP contribution in [0, 0.1) is 0 Å². The Hall–Kier alpha value is -3.27. The number of halogens is 1. The molecular formula is C21H19ClN4O4S. The summed E-state index contributed by atoms with van der Waals surface area (Å²) >= 11 is 11.5. The summed E-state index contributed by atoms with van der Waals surface area (Å²) in [7, 11) is 2.99. The van der Waals surface area contributed by atoms with Gasteiger partial charge in [0.15, 0.2) is 11.4 Å². The maximum Gasteiger partial charge on any atom is 0.252 e. The largest absolute Gasteiger partial charge is 0.496 e. The van der Waals surface area contributed by atoms with Crippen molar-refractivity contribution in [3.63, 3.8) is 0 Å². The Bertz CT molecular complexity index is 1160. The number of nitrogens with one attached hydrogen (secondary N) is 1. The van der Waals surface area contributed by atoms with E-state index in [1.807, 2.05) is 0 Å². The Labute approximate surface area is 188 Å². The molecule has 2 aromatic carbocycles. The van der Waals surface area contributed by atoms with E-state index in [1.54, 1.807) is 42.6 Å². The number of aromatic nitrogens is 1. The first-order valence-corrected chi connectivity index (χ1v) is 9.88. The van der Waals surface area contributed by atoms with Crippen LogP contribution < -0.4 is 25.4 Å². The maximum atomic E-state index is 12.0. The minimum Gasteiger partial charge on any atom is -0.496 e. The molecule has 1 saturated heterocycles. The van der Waals surface area contributed by atoms with Crippen LogP contribution in [0.5, 0.6) is 17.2 Å². The topological polar surface area (TPSA) is 107 Å². The number of ether oxygens (including phenoxy) is 2. The van der Waals surface area contributed by atoms with E-state index in [-0.39, 0.29) is 12.5 Å². The van der Waals surface area contributed by atoms with Crippen LogP contribution in [-0.2, 0) is 4.79 Å². The zero-order valence-electron chi connectivity index (χ0n) is 16.7. The highest BCUT2D eigenvalue weighted by atomic mass is 35.5. The summed E-state index contributed by atoms with van der Waals surface area (Å²) in [6.45, 7) is 0.138. The number of carbonyl (C=O) groups is 2. The van der Waals surface area contributed by atoms with Crippen LogP contribution in [0.25, 0.3) is 10.9 Å². The quantitative estimate of drug-likeness (QED) is 0.443. The van der Waals surface area contributed by atoms with E-state index in [2.05, 4.69) is 16.0 Å². The minimum absolute atomic E-state index is 0.138. The number of hydrogen-bond donors (Lipinski definition) is 2. The third kappa shape index (κ3) is 4.43. The van der Waals surface area contributed by atoms with Gasteiger partial charge in [0, 0.05) is 23.7 Å². The van der Waals surface area contributed by atoms with Gasteiger partial charge in [0.1, 0.15) is 17.2 Å². The second-order valence-corrected chi connectivity index (χ2v) is 6.94. The predicted molar refractivity (Wildman–Crippen MR) is 123 cm³/mol. The lowest BCUT2D eigenvalue weighted by Gasteiger charge is -2.17. The summed E-state index contributed by atoms with van der Waals surface area (Å²) in [4.78, 5) is 29.0. The van der Waals surface area contributed by atoms with E-state index in [4.69, 9.17) is 33.3 Å². The van der Waals surface area contributed by atoms with Crippen LogP contribution in [-0.4, -0.2) is 43.0 Å². The molecule has 31 heavy (non-hydrogen) atoms. The normalized spacial score (nSPS) is 12.8. The van der Waals surface area contributed by atoms with Gasteiger partial charge in [0.25, 0.3) is 5.91 Å². The number of amides is 1. The molecule has 10 heteroatoms. The van der Waals surface area contributed by atoms with Crippen molar-refractivity contribution in [2.75, 3.05) is 25.6 Å². The van der Waals surface area contributed by atoms with Crippen molar-refractivity contribution in [3.05, 3.63) is 53.2 Å². The number of fused-ring (bicyclic) bond motifs is 1. The number of nitrogens with two attached hydrogens (primary N) is 1. The second-order valence-electron chi connectivity index (χ2n) is 6.14. The van der Waals surface area contributed by atoms with E-state index in [9.17, 15) is 9.59 Å². The molecule has 4 rings (SSSR count). The zero-order valence-corrected chi connectivity index (χ0v) is 18.3. The van der Waals surface area contributed by atoms with Gasteiger partial charge in [-0.25, -0.2) is 0 Å². The maximum absolute atomic E-state index is 12.0. The summed E-state index contributed by atoms with van der Waals surface area (Å²) in [6.07, 6.45) is 2.31. The Morgan fingerprint density at radius 3 is 2.61 bits per heavy atom. The van der Waals surface area contributed by atoms with Crippen LogP contribution in [0.3, 0.4) is 0 Å². The molecule has 1 fully saturated rings. The fourth-order valence-corrected chi connectivity index (χ4v) is 3.58. The lowest BCUT2D eigenvalue weighted by Crippen LogP contribution is -2.30. The molecule has 0 unspecified atom stereocenters. The van der Waals surface area contributed by atoms with Crippen LogP contribution in [0.1, 0.15) is 10.4 Å². The number of anilines is 1. The van der Waals surface area contributed by atoms with Gasteiger partial charge in [0.05, 0.1) is 35.4 Å². The number of aldehydes is 1. The fourth-order valence-electron chi connectivity index (χ4n) is 3.05. The molecular weight excluding hydrogens is 440 g/mol. The number of carbonyl (C=O) groups excluding carboxylic acids is 2. The zero-order chi connectivity index (χ0) is 22.5. The average molecular weight is 459 g/mol. The highest BCUT2D eigenvalue weighted by molar-refractivity contribution is 7.80. The number of hydrogen-bond acceptors (Lipinski definition) is 7. The first kappa shape index (κ1) is 22.4. The molecule has 0 bridgehead atoms. The van der Waals surface area contributed by atoms with Crippen molar-refractivity contribution >= 4 is 57.7 Å². The number of benzene rings is 2. The highest BCUT2D eigenvalue weighted by Gasteiger charge is 2.28. The number of nitrogens with zero attached hydrogens (tertiary/aromatic N) is 2. The molecule has 3 N–H and O–H groups in total. The van der Waals surface area contributed by atoms with Crippen molar-refractivity contribution in [1.82, 2.24) is 10.3 Å². The summed E-state index contributed by atoms with van der Waals surface area (Å²) in [5.41, 5.74) is 5.98. The predicted octanol–water partition coefficient (Wildman–Crippen LogP) is 3.30. The molecule has 0 atom stereocenters. The Kier molecular flexibility index (Phi) is 7.01. The van der Waals surface area contributed by atoms with Crippen molar-refractivity contribution in [2.45, 2.75) is 0 Å².